The van der Waals surface area contributed by atoms with Crippen molar-refractivity contribution in [2.75, 3.05) is 19.7 Å². The number of aromatic amines is 1. The van der Waals surface area contributed by atoms with Crippen LogP contribution in [0.4, 0.5) is 0 Å². The highest BCUT2D eigenvalue weighted by Gasteiger charge is 2.18. The van der Waals surface area contributed by atoms with Crippen molar-refractivity contribution in [1.29, 1.82) is 0 Å². The summed E-state index contributed by atoms with van der Waals surface area (Å²) < 4.78 is 1.35. The summed E-state index contributed by atoms with van der Waals surface area (Å²) in [5, 5.41) is 12.0. The van der Waals surface area contributed by atoms with Crippen LogP contribution in [-0.4, -0.2) is 45.4 Å². The number of carbonyl (C=O) groups excluding carboxylic acids is 1. The molecule has 0 saturated carbocycles. The Hall–Kier alpha value is -2.34. The van der Waals surface area contributed by atoms with Gasteiger partial charge in [-0.1, -0.05) is 31.0 Å². The Balaban J connectivity index is 2.26. The number of unbranched alkanes of at least 4 members (excludes halogenated alkanes) is 1. The molecule has 1 heterocycles. The highest BCUT2D eigenvalue weighted by atomic mass is 16.3. The molecule has 2 rings (SSSR count). The minimum atomic E-state index is -0.281. The van der Waals surface area contributed by atoms with Crippen molar-refractivity contribution in [3.05, 3.63) is 51.9 Å². The Kier molecular flexibility index (Phi) is 5.76. The maximum absolute atomic E-state index is 12.5. The van der Waals surface area contributed by atoms with Crippen LogP contribution >= 0.6 is 0 Å². The summed E-state index contributed by atoms with van der Waals surface area (Å²) in [7, 11) is 0. The number of amides is 1. The van der Waals surface area contributed by atoms with Crippen molar-refractivity contribution in [3.63, 3.8) is 0 Å². The van der Waals surface area contributed by atoms with E-state index in [0.29, 0.717) is 12.2 Å². The van der Waals surface area contributed by atoms with Gasteiger partial charge in [0.05, 0.1) is 12.3 Å². The number of aliphatic hydroxyl groups excluding tert-OH is 1. The van der Waals surface area contributed by atoms with Crippen molar-refractivity contribution < 1.29 is 9.90 Å². The van der Waals surface area contributed by atoms with E-state index >= 15 is 0 Å². The fourth-order valence-electron chi connectivity index (χ4n) is 2.35. The lowest BCUT2D eigenvalue weighted by Gasteiger charge is -2.20. The van der Waals surface area contributed by atoms with Gasteiger partial charge in [0.2, 0.25) is 0 Å². The molecule has 0 bridgehead atoms. The van der Waals surface area contributed by atoms with Crippen LogP contribution in [0.25, 0.3) is 5.69 Å². The van der Waals surface area contributed by atoms with Crippen molar-refractivity contribution in [2.45, 2.75) is 26.7 Å². The van der Waals surface area contributed by atoms with E-state index in [2.05, 4.69) is 5.10 Å². The third-order valence-corrected chi connectivity index (χ3v) is 3.68. The first-order valence-corrected chi connectivity index (χ1v) is 7.86. The topological polar surface area (TPSA) is 78.3 Å². The zero-order valence-corrected chi connectivity index (χ0v) is 13.6. The number of nitrogens with one attached hydrogen (secondary N) is 1. The molecule has 1 aromatic carbocycles. The van der Waals surface area contributed by atoms with E-state index in [1.54, 1.807) is 4.90 Å². The first-order valence-electron chi connectivity index (χ1n) is 7.86. The lowest BCUT2D eigenvalue weighted by Crippen LogP contribution is -2.34. The van der Waals surface area contributed by atoms with E-state index in [9.17, 15) is 9.59 Å². The van der Waals surface area contributed by atoms with Gasteiger partial charge in [0, 0.05) is 19.2 Å². The fraction of sp³-hybridized carbons (Fsp3) is 0.412. The summed E-state index contributed by atoms with van der Waals surface area (Å²) in [5.74, 6) is -0.268. The van der Waals surface area contributed by atoms with Gasteiger partial charge in [-0.05, 0) is 25.5 Å². The molecule has 1 amide bonds. The molecule has 0 radical (unpaired) electrons. The number of rotatable bonds is 7. The largest absolute Gasteiger partial charge is 0.395 e. The van der Waals surface area contributed by atoms with Gasteiger partial charge < -0.3 is 10.0 Å². The SMILES string of the molecule is CCCCN(CCO)C(=O)c1cc(=O)n(-c2ccc(C)cc2)[nH]1. The maximum Gasteiger partial charge on any atom is 0.272 e. The first kappa shape index (κ1) is 17.0. The highest BCUT2D eigenvalue weighted by Crippen LogP contribution is 2.08. The average molecular weight is 317 g/mol. The summed E-state index contributed by atoms with van der Waals surface area (Å²) in [5.41, 5.74) is 1.73. The third-order valence-electron chi connectivity index (χ3n) is 3.68. The molecule has 124 valence electrons. The van der Waals surface area contributed by atoms with Crippen molar-refractivity contribution in [2.24, 2.45) is 0 Å². The summed E-state index contributed by atoms with van der Waals surface area (Å²) in [6, 6.07) is 8.76. The van der Waals surface area contributed by atoms with Gasteiger partial charge in [-0.3, -0.25) is 14.7 Å². The zero-order valence-electron chi connectivity index (χ0n) is 13.6. The zero-order chi connectivity index (χ0) is 16.8. The minimum Gasteiger partial charge on any atom is -0.395 e. The lowest BCUT2D eigenvalue weighted by molar-refractivity contribution is 0.0713. The molecule has 0 aliphatic rings. The summed E-state index contributed by atoms with van der Waals surface area (Å²) in [6.45, 7) is 4.73. The van der Waals surface area contributed by atoms with Crippen LogP contribution in [0.3, 0.4) is 0 Å². The summed E-state index contributed by atoms with van der Waals surface area (Å²) in [6.07, 6.45) is 1.81. The Labute approximate surface area is 135 Å². The molecular formula is C17H23N3O3. The molecule has 0 fully saturated rings. The summed E-state index contributed by atoms with van der Waals surface area (Å²) >= 11 is 0. The standard InChI is InChI=1S/C17H23N3O3/c1-3-4-9-19(10-11-21)17(23)15-12-16(22)20(18-15)14-7-5-13(2)6-8-14/h5-8,12,18,21H,3-4,9-11H2,1-2H3. The Bertz CT molecular complexity index is 701. The molecule has 0 unspecified atom stereocenters. The highest BCUT2D eigenvalue weighted by molar-refractivity contribution is 5.92. The van der Waals surface area contributed by atoms with Gasteiger partial charge >= 0.3 is 0 Å². The van der Waals surface area contributed by atoms with Crippen LogP contribution in [0.15, 0.2) is 35.1 Å². The number of aryl methyl sites for hydroxylation is 1. The van der Waals surface area contributed by atoms with Crippen molar-refractivity contribution >= 4 is 5.91 Å². The van der Waals surface area contributed by atoms with Gasteiger partial charge in [0.25, 0.3) is 11.5 Å². The number of aliphatic hydroxyl groups is 1. The van der Waals surface area contributed by atoms with Gasteiger partial charge in [0.1, 0.15) is 5.69 Å². The Morgan fingerprint density at radius 3 is 2.57 bits per heavy atom. The van der Waals surface area contributed by atoms with Crippen LogP contribution in [0.2, 0.25) is 0 Å². The second-order valence-electron chi connectivity index (χ2n) is 5.55. The van der Waals surface area contributed by atoms with Gasteiger partial charge in [-0.2, -0.15) is 0 Å². The molecule has 6 heteroatoms. The summed E-state index contributed by atoms with van der Waals surface area (Å²) in [4.78, 5) is 26.2. The normalized spacial score (nSPS) is 10.7. The van der Waals surface area contributed by atoms with Gasteiger partial charge in [-0.15, -0.1) is 0 Å². The predicted molar refractivity (Wildman–Crippen MR) is 89.0 cm³/mol. The van der Waals surface area contributed by atoms with Crippen LogP contribution in [0.5, 0.6) is 0 Å². The number of H-pyrrole nitrogens is 1. The fourth-order valence-corrected chi connectivity index (χ4v) is 2.35. The molecule has 2 N–H and O–H groups in total. The molecule has 23 heavy (non-hydrogen) atoms. The first-order chi connectivity index (χ1) is 11.1. The number of aromatic nitrogens is 2. The van der Waals surface area contributed by atoms with E-state index in [-0.39, 0.29) is 30.3 Å². The second kappa shape index (κ2) is 7.78. The van der Waals surface area contributed by atoms with Crippen LogP contribution in [0, 0.1) is 6.92 Å². The molecule has 0 atom stereocenters. The van der Waals surface area contributed by atoms with Crippen LogP contribution in [0.1, 0.15) is 35.8 Å². The van der Waals surface area contributed by atoms with E-state index in [4.69, 9.17) is 5.11 Å². The third kappa shape index (κ3) is 4.10. The number of hydrogen-bond acceptors (Lipinski definition) is 3. The van der Waals surface area contributed by atoms with Crippen molar-refractivity contribution in [3.8, 4) is 5.69 Å². The molecule has 1 aromatic heterocycles. The average Bonchev–Trinajstić information content (AvgIpc) is 2.93. The molecule has 0 aliphatic carbocycles. The smallest absolute Gasteiger partial charge is 0.272 e. The molecule has 0 spiro atoms. The van der Waals surface area contributed by atoms with E-state index in [0.717, 1.165) is 18.4 Å². The quantitative estimate of drug-likeness (QED) is 0.816. The monoisotopic (exact) mass is 317 g/mol. The molecule has 0 saturated heterocycles. The number of hydrogen-bond donors (Lipinski definition) is 2. The predicted octanol–water partition coefficient (Wildman–Crippen LogP) is 1.71. The van der Waals surface area contributed by atoms with Crippen molar-refractivity contribution in [1.82, 2.24) is 14.7 Å². The van der Waals surface area contributed by atoms with E-state index in [1.165, 1.54) is 10.7 Å². The number of benzene rings is 1. The Morgan fingerprint density at radius 1 is 1.26 bits per heavy atom. The lowest BCUT2D eigenvalue weighted by atomic mass is 10.2. The minimum absolute atomic E-state index is 0.0989. The van der Waals surface area contributed by atoms with E-state index < -0.39 is 0 Å². The van der Waals surface area contributed by atoms with E-state index in [1.807, 2.05) is 38.1 Å². The Morgan fingerprint density at radius 2 is 1.96 bits per heavy atom. The maximum atomic E-state index is 12.5. The number of nitrogens with zero attached hydrogens (tertiary/aromatic N) is 2. The van der Waals surface area contributed by atoms with Gasteiger partial charge in [-0.25, -0.2) is 4.68 Å². The van der Waals surface area contributed by atoms with Crippen LogP contribution < -0.4 is 5.56 Å². The molecule has 0 aliphatic heterocycles. The second-order valence-corrected chi connectivity index (χ2v) is 5.55. The van der Waals surface area contributed by atoms with Gasteiger partial charge in [0.15, 0.2) is 0 Å². The molecule has 6 nitrogen and oxygen atoms in total. The molecular weight excluding hydrogens is 294 g/mol. The van der Waals surface area contributed by atoms with Crippen LogP contribution in [-0.2, 0) is 0 Å². The molecule has 2 aromatic rings. The number of carbonyl (C=O) groups is 1.